The Labute approximate surface area is 303 Å². The predicted molar refractivity (Wildman–Crippen MR) is 216 cm³/mol. The molecule has 1 aliphatic carbocycles. The normalized spacial score (nSPS) is 14.7. The Morgan fingerprint density at radius 1 is 0.365 bits per heavy atom. The Balaban J connectivity index is 1.16. The van der Waals surface area contributed by atoms with Crippen LogP contribution in [-0.4, -0.2) is 9.97 Å². The van der Waals surface area contributed by atoms with E-state index in [1.54, 1.807) is 0 Å². The number of fused-ring (bicyclic) bond motifs is 5. The van der Waals surface area contributed by atoms with Crippen molar-refractivity contribution in [2.24, 2.45) is 0 Å². The topological polar surface area (TPSA) is 25.8 Å². The van der Waals surface area contributed by atoms with Crippen LogP contribution in [-0.2, 0) is 5.41 Å². The highest BCUT2D eigenvalue weighted by atomic mass is 14.9. The summed E-state index contributed by atoms with van der Waals surface area (Å²) in [6.45, 7) is 2.38. The summed E-state index contributed by atoms with van der Waals surface area (Å²) in [6.07, 6.45) is 0. The first-order chi connectivity index (χ1) is 25.7. The lowest BCUT2D eigenvalue weighted by molar-refractivity contribution is 0.714. The summed E-state index contributed by atoms with van der Waals surface area (Å²) in [5.41, 5.74) is 13.8. The van der Waals surface area contributed by atoms with Crippen molar-refractivity contribution in [2.75, 3.05) is 0 Å². The third-order valence-electron chi connectivity index (χ3n) is 11.0. The molecule has 1 heterocycles. The lowest BCUT2D eigenvalue weighted by atomic mass is 9.74. The zero-order valence-electron chi connectivity index (χ0n) is 28.8. The van der Waals surface area contributed by atoms with Gasteiger partial charge in [-0.3, -0.25) is 0 Å². The molecule has 0 spiro atoms. The third kappa shape index (κ3) is 4.72. The molecule has 1 aliphatic rings. The molecule has 2 nitrogen and oxygen atoms in total. The first kappa shape index (κ1) is 30.2. The number of hydrogen-bond donors (Lipinski definition) is 0. The van der Waals surface area contributed by atoms with Crippen molar-refractivity contribution < 1.29 is 0 Å². The molecule has 0 N–H and O–H groups in total. The molecule has 0 saturated heterocycles. The smallest absolute Gasteiger partial charge is 0.161 e. The number of nitrogens with zero attached hydrogens (tertiary/aromatic N) is 2. The minimum atomic E-state index is -0.258. The van der Waals surface area contributed by atoms with Crippen molar-refractivity contribution in [2.45, 2.75) is 12.3 Å². The van der Waals surface area contributed by atoms with Crippen LogP contribution in [0.4, 0.5) is 0 Å². The van der Waals surface area contributed by atoms with E-state index < -0.39 is 0 Å². The van der Waals surface area contributed by atoms with Gasteiger partial charge in [0, 0.05) is 22.1 Å². The lowest BCUT2D eigenvalue weighted by Gasteiger charge is -2.28. The van der Waals surface area contributed by atoms with Gasteiger partial charge in [0.2, 0.25) is 0 Å². The van der Waals surface area contributed by atoms with Crippen molar-refractivity contribution >= 4 is 21.5 Å². The molecule has 1 atom stereocenters. The van der Waals surface area contributed by atoms with Crippen molar-refractivity contribution in [3.8, 4) is 56.2 Å². The second-order valence-corrected chi connectivity index (χ2v) is 13.9. The van der Waals surface area contributed by atoms with Crippen LogP contribution < -0.4 is 0 Å². The van der Waals surface area contributed by atoms with Gasteiger partial charge >= 0.3 is 0 Å². The summed E-state index contributed by atoms with van der Waals surface area (Å²) in [5.74, 6) is 0.722. The van der Waals surface area contributed by atoms with E-state index in [4.69, 9.17) is 9.97 Å². The maximum atomic E-state index is 5.31. The molecule has 9 aromatic rings. The SMILES string of the molecule is CC1(c2ccccc2)c2ccccc2-c2ccc(-c3ccc(-c4cc(-c5ccccc5)nc(-c5cccc6ccccc56)n4)c4ccccc34)cc21. The molecular weight excluding hydrogens is 629 g/mol. The van der Waals surface area contributed by atoms with Gasteiger partial charge in [-0.05, 0) is 79.5 Å². The number of rotatable bonds is 5. The molecule has 0 bridgehead atoms. The average Bonchev–Trinajstić information content (AvgIpc) is 3.48. The summed E-state index contributed by atoms with van der Waals surface area (Å²) in [7, 11) is 0. The van der Waals surface area contributed by atoms with E-state index in [0.29, 0.717) is 0 Å². The van der Waals surface area contributed by atoms with Gasteiger partial charge in [0.1, 0.15) is 0 Å². The van der Waals surface area contributed by atoms with Crippen molar-refractivity contribution in [3.05, 3.63) is 205 Å². The van der Waals surface area contributed by atoms with Crippen LogP contribution in [0, 0.1) is 0 Å². The third-order valence-corrected chi connectivity index (χ3v) is 11.0. The predicted octanol–water partition coefficient (Wildman–Crippen LogP) is 12.8. The van der Waals surface area contributed by atoms with Crippen molar-refractivity contribution in [3.63, 3.8) is 0 Å². The molecule has 10 rings (SSSR count). The van der Waals surface area contributed by atoms with Gasteiger partial charge in [-0.2, -0.15) is 0 Å². The van der Waals surface area contributed by atoms with E-state index in [2.05, 4.69) is 189 Å². The fraction of sp³-hybridized carbons (Fsp3) is 0.0400. The molecule has 52 heavy (non-hydrogen) atoms. The Bertz CT molecular complexity index is 2800. The highest BCUT2D eigenvalue weighted by Gasteiger charge is 2.40. The summed E-state index contributed by atoms with van der Waals surface area (Å²) < 4.78 is 0. The lowest BCUT2D eigenvalue weighted by Crippen LogP contribution is -2.22. The van der Waals surface area contributed by atoms with E-state index in [1.807, 2.05) is 6.07 Å². The van der Waals surface area contributed by atoms with E-state index in [0.717, 1.165) is 44.7 Å². The quantitative estimate of drug-likeness (QED) is 0.183. The number of aromatic nitrogens is 2. The maximum absolute atomic E-state index is 5.31. The number of benzene rings is 8. The molecule has 0 radical (unpaired) electrons. The van der Waals surface area contributed by atoms with Gasteiger partial charge in [-0.15, -0.1) is 0 Å². The zero-order valence-corrected chi connectivity index (χ0v) is 28.8. The molecule has 8 aromatic carbocycles. The molecule has 0 aliphatic heterocycles. The first-order valence-electron chi connectivity index (χ1n) is 17.9. The van der Waals surface area contributed by atoms with Crippen molar-refractivity contribution in [1.82, 2.24) is 9.97 Å². The Hall–Kier alpha value is -6.64. The molecule has 0 fully saturated rings. The molecule has 1 aromatic heterocycles. The van der Waals surface area contributed by atoms with Crippen LogP contribution in [0.15, 0.2) is 188 Å². The second kappa shape index (κ2) is 12.0. The van der Waals surface area contributed by atoms with E-state index >= 15 is 0 Å². The summed E-state index contributed by atoms with van der Waals surface area (Å²) in [4.78, 5) is 10.5. The first-order valence-corrected chi connectivity index (χ1v) is 17.9. The van der Waals surface area contributed by atoms with Crippen LogP contribution in [0.2, 0.25) is 0 Å². The second-order valence-electron chi connectivity index (χ2n) is 13.9. The molecule has 0 amide bonds. The van der Waals surface area contributed by atoms with Gasteiger partial charge in [0.15, 0.2) is 5.82 Å². The fourth-order valence-corrected chi connectivity index (χ4v) is 8.40. The van der Waals surface area contributed by atoms with Gasteiger partial charge in [-0.25, -0.2) is 9.97 Å². The molecule has 0 saturated carbocycles. The van der Waals surface area contributed by atoms with Gasteiger partial charge in [0.05, 0.1) is 11.4 Å². The van der Waals surface area contributed by atoms with E-state index in [9.17, 15) is 0 Å². The summed E-state index contributed by atoms with van der Waals surface area (Å²) in [5, 5.41) is 4.67. The van der Waals surface area contributed by atoms with Crippen LogP contribution in [0.25, 0.3) is 77.7 Å². The van der Waals surface area contributed by atoms with Crippen LogP contribution in [0.5, 0.6) is 0 Å². The maximum Gasteiger partial charge on any atom is 0.161 e. The molecule has 244 valence electrons. The zero-order chi connectivity index (χ0) is 34.6. The van der Waals surface area contributed by atoms with Gasteiger partial charge in [0.25, 0.3) is 0 Å². The summed E-state index contributed by atoms with van der Waals surface area (Å²) in [6, 6.07) is 67.6. The fourth-order valence-electron chi connectivity index (χ4n) is 8.40. The minimum Gasteiger partial charge on any atom is -0.228 e. The van der Waals surface area contributed by atoms with Gasteiger partial charge in [-0.1, -0.05) is 176 Å². The summed E-state index contributed by atoms with van der Waals surface area (Å²) >= 11 is 0. The van der Waals surface area contributed by atoms with E-state index in [-0.39, 0.29) is 5.41 Å². The Kier molecular flexibility index (Phi) is 6.97. The van der Waals surface area contributed by atoms with Crippen LogP contribution in [0.1, 0.15) is 23.6 Å². The number of hydrogen-bond acceptors (Lipinski definition) is 2. The largest absolute Gasteiger partial charge is 0.228 e. The van der Waals surface area contributed by atoms with Gasteiger partial charge < -0.3 is 0 Å². The average molecular weight is 663 g/mol. The minimum absolute atomic E-state index is 0.258. The van der Waals surface area contributed by atoms with E-state index in [1.165, 1.54) is 49.7 Å². The molecule has 1 unspecified atom stereocenters. The standard InChI is InChI=1S/C50H34N2/c1-50(36-19-6-3-7-20-36)45-26-13-12-24-41(45)42-28-27-35(31-46(42)50)38-29-30-43(40-23-11-10-22-39(38)40)48-32-47(34-16-4-2-5-17-34)51-49(52-48)44-25-14-18-33-15-8-9-21-37(33)44/h2-32H,1H3. The molecular formula is C50H34N2. The van der Waals surface area contributed by atoms with Crippen LogP contribution in [0.3, 0.4) is 0 Å². The molecule has 2 heteroatoms. The van der Waals surface area contributed by atoms with Crippen molar-refractivity contribution in [1.29, 1.82) is 0 Å². The Morgan fingerprint density at radius 3 is 1.77 bits per heavy atom. The highest BCUT2D eigenvalue weighted by molar-refractivity contribution is 6.05. The Morgan fingerprint density at radius 2 is 0.942 bits per heavy atom. The van der Waals surface area contributed by atoms with Crippen LogP contribution >= 0.6 is 0 Å². The highest BCUT2D eigenvalue weighted by Crippen LogP contribution is 2.53. The monoisotopic (exact) mass is 662 g/mol.